The van der Waals surface area contributed by atoms with Gasteiger partial charge in [-0.2, -0.15) is 8.42 Å². The van der Waals surface area contributed by atoms with E-state index in [1.54, 1.807) is 0 Å². The van der Waals surface area contributed by atoms with Crippen LogP contribution in [0, 0.1) is 0 Å². The summed E-state index contributed by atoms with van der Waals surface area (Å²) in [7, 11) is -4.61. The summed E-state index contributed by atoms with van der Waals surface area (Å²) in [6.07, 6.45) is 0. The van der Waals surface area contributed by atoms with Crippen molar-refractivity contribution in [2.24, 2.45) is 0 Å². The molecule has 3 nitrogen and oxygen atoms in total. The van der Waals surface area contributed by atoms with E-state index in [0.29, 0.717) is 5.56 Å². The summed E-state index contributed by atoms with van der Waals surface area (Å²) in [5.41, 5.74) is 0.669. The van der Waals surface area contributed by atoms with Gasteiger partial charge in [0, 0.05) is 0 Å². The molecule has 6 heteroatoms. The molecule has 0 bridgehead atoms. The number of hydrogen-bond donors (Lipinski definition) is 0. The lowest BCUT2D eigenvalue weighted by molar-refractivity contribution is 0.340. The van der Waals surface area contributed by atoms with Crippen LogP contribution in [0.2, 0.25) is 0 Å². The molecule has 0 unspecified atom stereocenters. The largest absolute Gasteiger partial charge is 0.332 e. The second kappa shape index (κ2) is 4.04. The lowest BCUT2D eigenvalue weighted by Gasteiger charge is -1.98. The Balaban J connectivity index is 2.94. The van der Waals surface area contributed by atoms with E-state index in [0.717, 1.165) is 12.1 Å². The number of rotatable bonds is 3. The molecule has 1 aromatic carbocycles. The van der Waals surface area contributed by atoms with Gasteiger partial charge >= 0.3 is 10.2 Å². The van der Waals surface area contributed by atoms with Gasteiger partial charge in [-0.05, 0) is 17.7 Å². The van der Waals surface area contributed by atoms with Crippen molar-refractivity contribution in [1.29, 1.82) is 0 Å². The highest BCUT2D eigenvalue weighted by Gasteiger charge is 2.10. The Hall–Kier alpha value is -0.650. The zero-order valence-corrected chi connectivity index (χ0v) is 7.98. The average Bonchev–Trinajstić information content (AvgIpc) is 2.04. The van der Waals surface area contributed by atoms with Crippen LogP contribution in [-0.2, 0) is 21.1 Å². The predicted molar refractivity (Wildman–Crippen MR) is 45.4 cm³/mol. The smallest absolute Gasteiger partial charge is 0.274 e. The van der Waals surface area contributed by atoms with Crippen molar-refractivity contribution in [3.8, 4) is 0 Å². The van der Waals surface area contributed by atoms with Crippen molar-refractivity contribution < 1.29 is 16.6 Å². The highest BCUT2D eigenvalue weighted by Crippen LogP contribution is 2.13. The molecule has 0 N–H and O–H groups in total. The number of halogens is 2. The molecule has 0 heterocycles. The van der Waals surface area contributed by atoms with E-state index in [9.17, 15) is 12.3 Å². The molecule has 0 radical (unpaired) electrons. The van der Waals surface area contributed by atoms with Gasteiger partial charge in [0.15, 0.2) is 0 Å². The Morgan fingerprint density at radius 3 is 2.23 bits per heavy atom. The fraction of sp³-hybridized carbons (Fsp3) is 0.143. The zero-order valence-electron chi connectivity index (χ0n) is 6.41. The maximum atomic E-state index is 12.4. The van der Waals surface area contributed by atoms with Crippen LogP contribution in [0.4, 0.5) is 3.89 Å². The summed E-state index contributed by atoms with van der Waals surface area (Å²) in [6, 6.07) is 5.16. The van der Waals surface area contributed by atoms with E-state index in [4.69, 9.17) is 11.9 Å². The minimum atomic E-state index is -4.61. The predicted octanol–water partition coefficient (Wildman–Crippen LogP) is 2.02. The summed E-state index contributed by atoms with van der Waals surface area (Å²) in [5, 5.41) is 0. The van der Waals surface area contributed by atoms with Crippen LogP contribution < -0.4 is 0 Å². The van der Waals surface area contributed by atoms with Crippen molar-refractivity contribution in [2.75, 3.05) is 0 Å². The SMILES string of the molecule is O=S(=O)(F)c1ccc(COCl)cc1. The molecule has 0 spiro atoms. The molecule has 0 aromatic heterocycles. The van der Waals surface area contributed by atoms with Crippen LogP contribution in [0.3, 0.4) is 0 Å². The van der Waals surface area contributed by atoms with Crippen molar-refractivity contribution in [3.63, 3.8) is 0 Å². The second-order valence-corrected chi connectivity index (χ2v) is 3.90. The van der Waals surface area contributed by atoms with Crippen molar-refractivity contribution >= 4 is 22.1 Å². The summed E-state index contributed by atoms with van der Waals surface area (Å²) in [6.45, 7) is 0.147. The lowest BCUT2D eigenvalue weighted by atomic mass is 10.2. The first-order chi connectivity index (χ1) is 6.04. The molecular formula is C7H6ClFO3S. The first-order valence-corrected chi connectivity index (χ1v) is 5.00. The summed E-state index contributed by atoms with van der Waals surface area (Å²) in [4.78, 5) is -0.370. The normalized spacial score (nSPS) is 11.5. The molecule has 1 aromatic rings. The zero-order chi connectivity index (χ0) is 9.90. The standard InChI is InChI=1S/C7H6ClFO3S/c8-12-5-6-1-3-7(4-2-6)13(9,10)11/h1-4H,5H2. The second-order valence-electron chi connectivity index (χ2n) is 2.34. The Labute approximate surface area is 80.5 Å². The van der Waals surface area contributed by atoms with Crippen molar-refractivity contribution in [1.82, 2.24) is 0 Å². The molecule has 0 amide bonds. The average molecular weight is 225 g/mol. The summed E-state index contributed by atoms with van der Waals surface area (Å²) < 4.78 is 37.4. The van der Waals surface area contributed by atoms with Gasteiger partial charge in [0.05, 0.1) is 23.4 Å². The fourth-order valence-electron chi connectivity index (χ4n) is 0.811. The minimum absolute atomic E-state index is 0.147. The van der Waals surface area contributed by atoms with Crippen LogP contribution in [0.15, 0.2) is 29.2 Å². The van der Waals surface area contributed by atoms with Gasteiger partial charge in [-0.25, -0.2) is 0 Å². The van der Waals surface area contributed by atoms with E-state index in [2.05, 4.69) is 4.29 Å². The maximum absolute atomic E-state index is 12.4. The molecule has 1 rings (SSSR count). The summed E-state index contributed by atoms with van der Waals surface area (Å²) >= 11 is 4.97. The molecular weight excluding hydrogens is 219 g/mol. The topological polar surface area (TPSA) is 43.4 Å². The molecule has 72 valence electrons. The third kappa shape index (κ3) is 2.95. The van der Waals surface area contributed by atoms with Gasteiger partial charge in [0.2, 0.25) is 0 Å². The first kappa shape index (κ1) is 10.4. The van der Waals surface area contributed by atoms with E-state index >= 15 is 0 Å². The molecule has 0 atom stereocenters. The Bertz CT molecular complexity index is 373. The van der Waals surface area contributed by atoms with Crippen LogP contribution in [0.5, 0.6) is 0 Å². The molecule has 0 aliphatic heterocycles. The quantitative estimate of drug-likeness (QED) is 0.738. The molecule has 0 aliphatic rings. The van der Waals surface area contributed by atoms with Gasteiger partial charge in [-0.15, -0.1) is 3.89 Å². The minimum Gasteiger partial charge on any atom is -0.274 e. The van der Waals surface area contributed by atoms with E-state index < -0.39 is 10.2 Å². The molecule has 0 fully saturated rings. The maximum Gasteiger partial charge on any atom is 0.332 e. The van der Waals surface area contributed by atoms with E-state index in [-0.39, 0.29) is 11.5 Å². The molecule has 0 aliphatic carbocycles. The monoisotopic (exact) mass is 224 g/mol. The third-order valence-corrected chi connectivity index (χ3v) is 2.37. The molecule has 13 heavy (non-hydrogen) atoms. The van der Waals surface area contributed by atoms with Crippen molar-refractivity contribution in [2.45, 2.75) is 11.5 Å². The van der Waals surface area contributed by atoms with E-state index in [1.807, 2.05) is 0 Å². The third-order valence-electron chi connectivity index (χ3n) is 1.43. The Kier molecular flexibility index (Phi) is 3.24. The van der Waals surface area contributed by atoms with Gasteiger partial charge in [0.25, 0.3) is 0 Å². The Morgan fingerprint density at radius 1 is 1.31 bits per heavy atom. The first-order valence-electron chi connectivity index (χ1n) is 3.31. The number of hydrogen-bond acceptors (Lipinski definition) is 3. The fourth-order valence-corrected chi connectivity index (χ4v) is 1.40. The highest BCUT2D eigenvalue weighted by molar-refractivity contribution is 7.86. The molecule has 0 saturated carbocycles. The van der Waals surface area contributed by atoms with E-state index in [1.165, 1.54) is 12.1 Å². The number of benzene rings is 1. The molecule has 0 saturated heterocycles. The van der Waals surface area contributed by atoms with Crippen LogP contribution in [-0.4, -0.2) is 8.42 Å². The van der Waals surface area contributed by atoms with Crippen LogP contribution >= 0.6 is 11.9 Å². The van der Waals surface area contributed by atoms with Crippen molar-refractivity contribution in [3.05, 3.63) is 29.8 Å². The van der Waals surface area contributed by atoms with Gasteiger partial charge in [-0.1, -0.05) is 12.1 Å². The van der Waals surface area contributed by atoms with Gasteiger partial charge in [-0.3, -0.25) is 4.29 Å². The highest BCUT2D eigenvalue weighted by atomic mass is 35.5. The lowest BCUT2D eigenvalue weighted by Crippen LogP contribution is -1.92. The van der Waals surface area contributed by atoms with Crippen LogP contribution in [0.1, 0.15) is 5.56 Å². The van der Waals surface area contributed by atoms with Crippen LogP contribution in [0.25, 0.3) is 0 Å². The van der Waals surface area contributed by atoms with Gasteiger partial charge < -0.3 is 0 Å². The van der Waals surface area contributed by atoms with Gasteiger partial charge in [0.1, 0.15) is 0 Å². The Morgan fingerprint density at radius 2 is 1.85 bits per heavy atom. The summed E-state index contributed by atoms with van der Waals surface area (Å²) in [5.74, 6) is 0.